The van der Waals surface area contributed by atoms with Gasteiger partial charge in [-0.3, -0.25) is 4.79 Å². The number of aryl methyl sites for hydroxylation is 1. The Hall–Kier alpha value is -1.39. The number of aliphatic hydroxyl groups is 1. The molecule has 0 bridgehead atoms. The third kappa shape index (κ3) is 4.55. The minimum Gasteiger partial charge on any atom is -0.390 e. The van der Waals surface area contributed by atoms with Crippen molar-refractivity contribution in [3.8, 4) is 0 Å². The van der Waals surface area contributed by atoms with Crippen LogP contribution in [0.3, 0.4) is 0 Å². The number of ether oxygens (including phenoxy) is 1. The molecule has 1 atom stereocenters. The van der Waals surface area contributed by atoms with Gasteiger partial charge in [-0.05, 0) is 50.8 Å². The maximum atomic E-state index is 12.5. The van der Waals surface area contributed by atoms with E-state index in [9.17, 15) is 9.90 Å². The van der Waals surface area contributed by atoms with Gasteiger partial charge in [0.1, 0.15) is 0 Å². The van der Waals surface area contributed by atoms with Crippen LogP contribution >= 0.6 is 0 Å². The molecule has 1 aliphatic rings. The molecule has 0 aliphatic carbocycles. The molecule has 4 heteroatoms. The predicted octanol–water partition coefficient (Wildman–Crippen LogP) is 2.25. The van der Waals surface area contributed by atoms with Gasteiger partial charge in [0.25, 0.3) is 5.91 Å². The average molecular weight is 291 g/mol. The molecule has 1 saturated heterocycles. The average Bonchev–Trinajstić information content (AvgIpc) is 2.93. The predicted molar refractivity (Wildman–Crippen MR) is 82.4 cm³/mol. The van der Waals surface area contributed by atoms with E-state index in [1.54, 1.807) is 21.0 Å². The SMILES string of the molecule is CO[C@@H]1CCN(C(=O)c2cccc(CCC(C)(C)O)c2)C1. The van der Waals surface area contributed by atoms with E-state index in [1.807, 2.05) is 29.2 Å². The van der Waals surface area contributed by atoms with Gasteiger partial charge in [-0.25, -0.2) is 0 Å². The number of hydrogen-bond acceptors (Lipinski definition) is 3. The first-order valence-corrected chi connectivity index (χ1v) is 7.52. The minimum atomic E-state index is -0.680. The summed E-state index contributed by atoms with van der Waals surface area (Å²) >= 11 is 0. The Kier molecular flexibility index (Phi) is 5.01. The molecule has 21 heavy (non-hydrogen) atoms. The van der Waals surface area contributed by atoms with Crippen LogP contribution in [0, 0.1) is 0 Å². The van der Waals surface area contributed by atoms with Gasteiger partial charge in [-0.2, -0.15) is 0 Å². The van der Waals surface area contributed by atoms with Crippen LogP contribution in [-0.2, 0) is 11.2 Å². The van der Waals surface area contributed by atoms with Crippen LogP contribution in [0.4, 0.5) is 0 Å². The summed E-state index contributed by atoms with van der Waals surface area (Å²) in [5.74, 6) is 0.0691. The van der Waals surface area contributed by atoms with Gasteiger partial charge in [0.05, 0.1) is 11.7 Å². The molecule has 116 valence electrons. The molecule has 0 spiro atoms. The van der Waals surface area contributed by atoms with Crippen molar-refractivity contribution in [1.82, 2.24) is 4.90 Å². The van der Waals surface area contributed by atoms with Crippen LogP contribution in [0.2, 0.25) is 0 Å². The molecule has 0 radical (unpaired) electrons. The Morgan fingerprint density at radius 3 is 2.86 bits per heavy atom. The van der Waals surface area contributed by atoms with Crippen molar-refractivity contribution in [3.63, 3.8) is 0 Å². The molecule has 1 aromatic carbocycles. The van der Waals surface area contributed by atoms with Crippen molar-refractivity contribution in [3.05, 3.63) is 35.4 Å². The standard InChI is InChI=1S/C17H25NO3/c1-17(2,20)9-7-13-5-4-6-14(11-13)16(19)18-10-8-15(12-18)21-3/h4-6,11,15,20H,7-10,12H2,1-3H3/t15-/m1/s1. The lowest BCUT2D eigenvalue weighted by Gasteiger charge is -2.18. The zero-order chi connectivity index (χ0) is 15.5. The first kappa shape index (κ1) is 16.0. The summed E-state index contributed by atoms with van der Waals surface area (Å²) < 4.78 is 5.31. The highest BCUT2D eigenvalue weighted by atomic mass is 16.5. The fraction of sp³-hybridized carbons (Fsp3) is 0.588. The largest absolute Gasteiger partial charge is 0.390 e. The molecule has 1 aliphatic heterocycles. The van der Waals surface area contributed by atoms with Gasteiger partial charge >= 0.3 is 0 Å². The number of nitrogens with zero attached hydrogens (tertiary/aromatic N) is 1. The normalized spacial score (nSPS) is 19.0. The van der Waals surface area contributed by atoms with E-state index in [0.717, 1.165) is 30.5 Å². The fourth-order valence-electron chi connectivity index (χ4n) is 2.60. The van der Waals surface area contributed by atoms with Crippen LogP contribution in [-0.4, -0.2) is 47.8 Å². The molecule has 4 nitrogen and oxygen atoms in total. The summed E-state index contributed by atoms with van der Waals surface area (Å²) in [6, 6.07) is 7.71. The third-order valence-corrected chi connectivity index (χ3v) is 3.96. The van der Waals surface area contributed by atoms with Crippen LogP contribution < -0.4 is 0 Å². The van der Waals surface area contributed by atoms with Crippen LogP contribution in [0.25, 0.3) is 0 Å². The number of carbonyl (C=O) groups is 1. The van der Waals surface area contributed by atoms with E-state index in [1.165, 1.54) is 0 Å². The summed E-state index contributed by atoms with van der Waals surface area (Å²) in [7, 11) is 1.69. The molecule has 2 rings (SSSR count). The van der Waals surface area contributed by atoms with Gasteiger partial charge in [0.15, 0.2) is 0 Å². The number of benzene rings is 1. The minimum absolute atomic E-state index is 0.0691. The Morgan fingerprint density at radius 1 is 1.48 bits per heavy atom. The number of likely N-dealkylation sites (tertiary alicyclic amines) is 1. The molecular formula is C17H25NO3. The fourth-order valence-corrected chi connectivity index (χ4v) is 2.60. The van der Waals surface area contributed by atoms with Crippen molar-refractivity contribution in [2.75, 3.05) is 20.2 Å². The summed E-state index contributed by atoms with van der Waals surface area (Å²) in [5, 5.41) is 9.80. The van der Waals surface area contributed by atoms with E-state index in [2.05, 4.69) is 0 Å². The van der Waals surface area contributed by atoms with Gasteiger partial charge in [-0.1, -0.05) is 12.1 Å². The molecule has 1 amide bonds. The zero-order valence-electron chi connectivity index (χ0n) is 13.1. The number of amides is 1. The Bertz CT molecular complexity index is 493. The Morgan fingerprint density at radius 2 is 2.24 bits per heavy atom. The second-order valence-electron chi connectivity index (χ2n) is 6.41. The first-order valence-electron chi connectivity index (χ1n) is 7.52. The summed E-state index contributed by atoms with van der Waals surface area (Å²) in [6.45, 7) is 5.03. The molecule has 1 aromatic rings. The molecule has 0 saturated carbocycles. The zero-order valence-corrected chi connectivity index (χ0v) is 13.1. The van der Waals surface area contributed by atoms with Crippen molar-refractivity contribution < 1.29 is 14.6 Å². The van der Waals surface area contributed by atoms with E-state index in [0.29, 0.717) is 13.0 Å². The summed E-state index contributed by atoms with van der Waals surface area (Å²) in [5.41, 5.74) is 1.13. The third-order valence-electron chi connectivity index (χ3n) is 3.96. The van der Waals surface area contributed by atoms with E-state index in [-0.39, 0.29) is 12.0 Å². The van der Waals surface area contributed by atoms with Crippen molar-refractivity contribution >= 4 is 5.91 Å². The maximum Gasteiger partial charge on any atom is 0.253 e. The maximum absolute atomic E-state index is 12.5. The lowest BCUT2D eigenvalue weighted by molar-refractivity contribution is 0.0714. The van der Waals surface area contributed by atoms with Gasteiger partial charge in [0, 0.05) is 25.8 Å². The van der Waals surface area contributed by atoms with Crippen LogP contribution in [0.15, 0.2) is 24.3 Å². The van der Waals surface area contributed by atoms with E-state index in [4.69, 9.17) is 4.74 Å². The van der Waals surface area contributed by atoms with Gasteiger partial charge in [-0.15, -0.1) is 0 Å². The van der Waals surface area contributed by atoms with E-state index < -0.39 is 5.60 Å². The van der Waals surface area contributed by atoms with E-state index >= 15 is 0 Å². The molecular weight excluding hydrogens is 266 g/mol. The molecule has 1 heterocycles. The number of rotatable bonds is 5. The van der Waals surface area contributed by atoms with Gasteiger partial charge < -0.3 is 14.7 Å². The Balaban J connectivity index is 2.02. The second kappa shape index (κ2) is 6.58. The lowest BCUT2D eigenvalue weighted by Crippen LogP contribution is -2.30. The summed E-state index contributed by atoms with van der Waals surface area (Å²) in [6.07, 6.45) is 2.51. The van der Waals surface area contributed by atoms with Crippen molar-refractivity contribution in [1.29, 1.82) is 0 Å². The number of carbonyl (C=O) groups excluding carboxylic acids is 1. The highest BCUT2D eigenvalue weighted by molar-refractivity contribution is 5.94. The lowest BCUT2D eigenvalue weighted by atomic mass is 9.98. The monoisotopic (exact) mass is 291 g/mol. The highest BCUT2D eigenvalue weighted by Crippen LogP contribution is 2.18. The molecule has 1 N–H and O–H groups in total. The van der Waals surface area contributed by atoms with Crippen molar-refractivity contribution in [2.45, 2.75) is 44.8 Å². The molecule has 1 fully saturated rings. The smallest absolute Gasteiger partial charge is 0.253 e. The number of methoxy groups -OCH3 is 1. The highest BCUT2D eigenvalue weighted by Gasteiger charge is 2.26. The summed E-state index contributed by atoms with van der Waals surface area (Å²) in [4.78, 5) is 14.3. The second-order valence-corrected chi connectivity index (χ2v) is 6.41. The van der Waals surface area contributed by atoms with Crippen molar-refractivity contribution in [2.24, 2.45) is 0 Å². The van der Waals surface area contributed by atoms with Gasteiger partial charge in [0.2, 0.25) is 0 Å². The quantitative estimate of drug-likeness (QED) is 0.905. The van der Waals surface area contributed by atoms with Crippen LogP contribution in [0.1, 0.15) is 42.6 Å². The first-order chi connectivity index (χ1) is 9.89. The Labute approximate surface area is 126 Å². The molecule has 0 aromatic heterocycles. The topological polar surface area (TPSA) is 49.8 Å². The van der Waals surface area contributed by atoms with Crippen LogP contribution in [0.5, 0.6) is 0 Å². The molecule has 0 unspecified atom stereocenters. The number of hydrogen-bond donors (Lipinski definition) is 1.